The van der Waals surface area contributed by atoms with Gasteiger partial charge in [0, 0.05) is 29.7 Å². The van der Waals surface area contributed by atoms with Crippen LogP contribution in [0.1, 0.15) is 58.5 Å². The lowest BCUT2D eigenvalue weighted by molar-refractivity contribution is -0.138. The zero-order chi connectivity index (χ0) is 45.4. The summed E-state index contributed by atoms with van der Waals surface area (Å²) in [5.74, 6) is -0.134. The highest BCUT2D eigenvalue weighted by molar-refractivity contribution is 6.33. The third-order valence-electron chi connectivity index (χ3n) is 10.5. The van der Waals surface area contributed by atoms with E-state index in [0.29, 0.717) is 70.8 Å². The molecule has 16 nitrogen and oxygen atoms in total. The van der Waals surface area contributed by atoms with Crippen LogP contribution in [0.25, 0.3) is 33.4 Å². The van der Waals surface area contributed by atoms with E-state index >= 15 is 0 Å². The molecule has 0 aliphatic carbocycles. The van der Waals surface area contributed by atoms with Gasteiger partial charge in [0.15, 0.2) is 11.2 Å². The van der Waals surface area contributed by atoms with Gasteiger partial charge < -0.3 is 43.3 Å². The van der Waals surface area contributed by atoms with Gasteiger partial charge in [-0.25, -0.2) is 0 Å². The molecule has 7 rings (SSSR count). The molecule has 1 saturated heterocycles. The molecule has 2 aliphatic rings. The van der Waals surface area contributed by atoms with Crippen molar-refractivity contribution < 1.29 is 52.3 Å². The van der Waals surface area contributed by atoms with E-state index in [1.807, 2.05) is 6.92 Å². The first kappa shape index (κ1) is 45.2. The van der Waals surface area contributed by atoms with Gasteiger partial charge in [-0.05, 0) is 80.4 Å². The summed E-state index contributed by atoms with van der Waals surface area (Å²) in [7, 11) is 0. The zero-order valence-corrected chi connectivity index (χ0v) is 35.7. The number of rotatable bonds is 19. The van der Waals surface area contributed by atoms with Crippen molar-refractivity contribution in [3.8, 4) is 51.8 Å². The quantitative estimate of drug-likeness (QED) is 0.0716. The van der Waals surface area contributed by atoms with Gasteiger partial charge in [-0.15, -0.1) is 0 Å². The number of amides is 3. The van der Waals surface area contributed by atoms with Crippen molar-refractivity contribution in [3.05, 3.63) is 110 Å². The van der Waals surface area contributed by atoms with Crippen LogP contribution < -0.4 is 25.0 Å². The van der Waals surface area contributed by atoms with E-state index in [0.717, 1.165) is 4.90 Å². The number of carbonyl (C=O) groups excluding carboxylic acids is 3. The molecular formula is C47H43ClN4O12. The van der Waals surface area contributed by atoms with Gasteiger partial charge in [-0.3, -0.25) is 24.1 Å². The van der Waals surface area contributed by atoms with Crippen LogP contribution in [0.15, 0.2) is 82.0 Å². The number of nitrogens with one attached hydrogen (secondary N) is 1. The van der Waals surface area contributed by atoms with E-state index in [1.165, 1.54) is 25.1 Å². The van der Waals surface area contributed by atoms with E-state index in [4.69, 9.17) is 44.4 Å². The molecule has 5 aromatic rings. The van der Waals surface area contributed by atoms with Crippen LogP contribution in [0.5, 0.6) is 17.2 Å². The van der Waals surface area contributed by atoms with Crippen molar-refractivity contribution in [1.82, 2.24) is 10.2 Å². The monoisotopic (exact) mass is 890 g/mol. The van der Waals surface area contributed by atoms with Gasteiger partial charge in [0.1, 0.15) is 41.8 Å². The highest BCUT2D eigenvalue weighted by Crippen LogP contribution is 2.38. The van der Waals surface area contributed by atoms with Gasteiger partial charge in [0.25, 0.3) is 11.8 Å². The summed E-state index contributed by atoms with van der Waals surface area (Å²) in [6.45, 7) is 5.56. The molecule has 2 unspecified atom stereocenters. The third-order valence-corrected chi connectivity index (χ3v) is 10.8. The number of hydrogen-bond donors (Lipinski definition) is 2. The number of piperidine rings is 1. The molecule has 330 valence electrons. The van der Waals surface area contributed by atoms with Crippen LogP contribution in [0, 0.1) is 22.7 Å². The minimum absolute atomic E-state index is 0.0763. The molecule has 0 spiro atoms. The first-order valence-corrected chi connectivity index (χ1v) is 20.8. The van der Waals surface area contributed by atoms with Gasteiger partial charge in [-0.1, -0.05) is 17.7 Å². The SMILES string of the molecule is CCOc1cc2oc(-c3ccc(OCCOCCOCCOCCOc4cccc5c4C(=O)N(C4CCC(=O)NC4(C)O)C5=O)cc3Cl)cc(=O)c2cc1-c1cc(C#N)cc(C#N)c1. The summed E-state index contributed by atoms with van der Waals surface area (Å²) in [6, 6.07) is 22.3. The van der Waals surface area contributed by atoms with Crippen molar-refractivity contribution in [1.29, 1.82) is 10.5 Å². The Morgan fingerprint density at radius 2 is 1.45 bits per heavy atom. The number of nitrogens with zero attached hydrogens (tertiary/aromatic N) is 3. The van der Waals surface area contributed by atoms with Crippen LogP contribution in [0.2, 0.25) is 5.02 Å². The van der Waals surface area contributed by atoms with Crippen LogP contribution in [-0.4, -0.2) is 99.0 Å². The fraction of sp³-hybridized carbons (Fsp3) is 0.319. The summed E-state index contributed by atoms with van der Waals surface area (Å²) in [4.78, 5) is 52.8. The number of aliphatic hydroxyl groups is 1. The molecule has 3 amide bonds. The lowest BCUT2D eigenvalue weighted by Crippen LogP contribution is -2.64. The number of nitriles is 2. The predicted molar refractivity (Wildman–Crippen MR) is 231 cm³/mol. The average Bonchev–Trinajstić information content (AvgIpc) is 3.53. The molecule has 0 radical (unpaired) electrons. The van der Waals surface area contributed by atoms with Gasteiger partial charge in [-0.2, -0.15) is 10.5 Å². The largest absolute Gasteiger partial charge is 0.493 e. The average molecular weight is 891 g/mol. The topological polar surface area (TPSA) is 220 Å². The van der Waals surface area contributed by atoms with Crippen molar-refractivity contribution in [2.24, 2.45) is 0 Å². The molecule has 2 aliphatic heterocycles. The molecule has 3 heterocycles. The highest BCUT2D eigenvalue weighted by atomic mass is 35.5. The Bertz CT molecular complexity index is 2710. The van der Waals surface area contributed by atoms with Gasteiger partial charge >= 0.3 is 0 Å². The number of fused-ring (bicyclic) bond motifs is 2. The van der Waals surface area contributed by atoms with Crippen LogP contribution in [0.4, 0.5) is 0 Å². The number of ether oxygens (including phenoxy) is 6. The number of imide groups is 1. The van der Waals surface area contributed by atoms with Crippen molar-refractivity contribution in [3.63, 3.8) is 0 Å². The molecule has 1 fully saturated rings. The maximum absolute atomic E-state index is 13.4. The highest BCUT2D eigenvalue weighted by Gasteiger charge is 2.50. The second kappa shape index (κ2) is 20.2. The summed E-state index contributed by atoms with van der Waals surface area (Å²) in [5.41, 5.74) is 0.650. The third kappa shape index (κ3) is 10.0. The van der Waals surface area contributed by atoms with Crippen LogP contribution >= 0.6 is 11.6 Å². The molecule has 0 saturated carbocycles. The zero-order valence-electron chi connectivity index (χ0n) is 34.9. The Morgan fingerprint density at radius 3 is 2.09 bits per heavy atom. The normalized spacial score (nSPS) is 16.9. The summed E-state index contributed by atoms with van der Waals surface area (Å²) < 4.78 is 40.4. The molecule has 2 N–H and O–H groups in total. The van der Waals surface area contributed by atoms with Crippen LogP contribution in [0.3, 0.4) is 0 Å². The van der Waals surface area contributed by atoms with Crippen molar-refractivity contribution >= 4 is 40.3 Å². The Balaban J connectivity index is 0.815. The van der Waals surface area contributed by atoms with Crippen molar-refractivity contribution in [2.75, 3.05) is 59.5 Å². The molecule has 17 heteroatoms. The van der Waals surface area contributed by atoms with E-state index in [-0.39, 0.29) is 90.8 Å². The molecule has 2 atom stereocenters. The fourth-order valence-electron chi connectivity index (χ4n) is 7.52. The Morgan fingerprint density at radius 1 is 0.781 bits per heavy atom. The van der Waals surface area contributed by atoms with Gasteiger partial charge in [0.05, 0.1) is 97.1 Å². The maximum atomic E-state index is 13.4. The summed E-state index contributed by atoms with van der Waals surface area (Å²) in [5, 5.41) is 32.8. The number of hydrogen-bond acceptors (Lipinski definition) is 14. The lowest BCUT2D eigenvalue weighted by Gasteiger charge is -2.41. The second-order valence-electron chi connectivity index (χ2n) is 14.9. The molecular weight excluding hydrogens is 848 g/mol. The van der Waals surface area contributed by atoms with E-state index in [1.54, 1.807) is 54.6 Å². The molecule has 4 aromatic carbocycles. The van der Waals surface area contributed by atoms with Crippen LogP contribution in [-0.2, 0) is 19.0 Å². The number of benzene rings is 4. The van der Waals surface area contributed by atoms with Crippen molar-refractivity contribution in [2.45, 2.75) is 38.5 Å². The first-order chi connectivity index (χ1) is 30.9. The smallest absolute Gasteiger partial charge is 0.265 e. The standard InChI is InChI=1S/C47H43ClN4O12/c1-3-61-39-25-41-35(23-34(39)30-20-28(26-49)19-29(21-30)27-50)37(53)24-40(64-41)32-8-7-31(22-36(32)48)62-17-15-59-13-11-58-12-14-60-16-18-63-38-6-4-5-33-44(38)46(56)52(45(33)55)42-9-10-43(54)51-47(42,2)57/h4-8,19-25,42,57H,3,9-18H2,1-2H3,(H,51,54). The van der Waals surface area contributed by atoms with E-state index in [9.17, 15) is 34.8 Å². The Hall–Kier alpha value is -6.79. The molecule has 64 heavy (non-hydrogen) atoms. The Kier molecular flexibility index (Phi) is 14.2. The Labute approximate surface area is 372 Å². The fourth-order valence-corrected chi connectivity index (χ4v) is 7.78. The summed E-state index contributed by atoms with van der Waals surface area (Å²) >= 11 is 6.63. The minimum atomic E-state index is -1.76. The molecule has 1 aromatic heterocycles. The van der Waals surface area contributed by atoms with E-state index < -0.39 is 23.6 Å². The number of carbonyl (C=O) groups is 3. The second-order valence-corrected chi connectivity index (χ2v) is 15.3. The first-order valence-electron chi connectivity index (χ1n) is 20.5. The minimum Gasteiger partial charge on any atom is -0.493 e. The van der Waals surface area contributed by atoms with Gasteiger partial charge in [0.2, 0.25) is 5.91 Å². The van der Waals surface area contributed by atoms with E-state index in [2.05, 4.69) is 17.5 Å². The molecule has 0 bridgehead atoms. The predicted octanol–water partition coefficient (Wildman–Crippen LogP) is 6.01. The maximum Gasteiger partial charge on any atom is 0.265 e. The lowest BCUT2D eigenvalue weighted by atomic mass is 9.94. The summed E-state index contributed by atoms with van der Waals surface area (Å²) in [6.07, 6.45) is 0.216. The number of halogens is 1.